The van der Waals surface area contributed by atoms with Gasteiger partial charge in [0.2, 0.25) is 5.91 Å². The van der Waals surface area contributed by atoms with Crippen LogP contribution in [-0.4, -0.2) is 18.0 Å². The molecule has 5 nitrogen and oxygen atoms in total. The second-order valence-electron chi connectivity index (χ2n) is 6.57. The van der Waals surface area contributed by atoms with E-state index in [0.29, 0.717) is 0 Å². The van der Waals surface area contributed by atoms with Gasteiger partial charge in [-0.15, -0.1) is 0 Å². The Hall–Kier alpha value is -2.82. The van der Waals surface area contributed by atoms with Crippen molar-refractivity contribution in [2.24, 2.45) is 5.92 Å². The van der Waals surface area contributed by atoms with Gasteiger partial charge in [-0.3, -0.25) is 4.79 Å². The van der Waals surface area contributed by atoms with Crippen LogP contribution < -0.4 is 10.6 Å². The van der Waals surface area contributed by atoms with Crippen LogP contribution in [-0.2, 0) is 16.1 Å². The first-order valence-electron chi connectivity index (χ1n) is 8.80. The number of carbonyl (C=O) groups excluding carboxylic acids is 2. The van der Waals surface area contributed by atoms with Crippen LogP contribution in [0.4, 0.5) is 4.79 Å². The smallest absolute Gasteiger partial charge is 0.408 e. The molecule has 0 bridgehead atoms. The van der Waals surface area contributed by atoms with E-state index in [1.807, 2.05) is 81.4 Å². The number of ether oxygens (including phenoxy) is 1. The molecule has 2 amide bonds. The molecule has 0 radical (unpaired) electrons. The van der Waals surface area contributed by atoms with Gasteiger partial charge >= 0.3 is 6.09 Å². The van der Waals surface area contributed by atoms with Gasteiger partial charge < -0.3 is 15.4 Å². The van der Waals surface area contributed by atoms with Crippen LogP contribution in [0.5, 0.6) is 0 Å². The summed E-state index contributed by atoms with van der Waals surface area (Å²) in [4.78, 5) is 24.7. The molecule has 0 unspecified atom stereocenters. The van der Waals surface area contributed by atoms with Gasteiger partial charge in [0.05, 0.1) is 6.04 Å². The molecular formula is C21H26N2O3. The maximum atomic E-state index is 12.6. The number of carbonyl (C=O) groups is 2. The van der Waals surface area contributed by atoms with Gasteiger partial charge in [-0.05, 0) is 24.0 Å². The zero-order valence-corrected chi connectivity index (χ0v) is 15.4. The van der Waals surface area contributed by atoms with Gasteiger partial charge in [-0.1, -0.05) is 74.5 Å². The topological polar surface area (TPSA) is 67.4 Å². The van der Waals surface area contributed by atoms with Crippen molar-refractivity contribution in [3.63, 3.8) is 0 Å². The largest absolute Gasteiger partial charge is 0.445 e. The minimum atomic E-state index is -0.663. The SMILES string of the molecule is CC(C)[C@@H](NC(=O)OCc1ccccc1)C(=O)N[C@H](C)c1ccccc1. The fourth-order valence-corrected chi connectivity index (χ4v) is 2.55. The third-order valence-corrected chi connectivity index (χ3v) is 4.09. The number of hydrogen-bond donors (Lipinski definition) is 2. The zero-order valence-electron chi connectivity index (χ0n) is 15.4. The molecule has 0 heterocycles. The van der Waals surface area contributed by atoms with Crippen LogP contribution in [0.2, 0.25) is 0 Å². The maximum Gasteiger partial charge on any atom is 0.408 e. The third kappa shape index (κ3) is 5.92. The van der Waals surface area contributed by atoms with Crippen molar-refractivity contribution in [3.05, 3.63) is 71.8 Å². The van der Waals surface area contributed by atoms with E-state index in [1.165, 1.54) is 0 Å². The predicted molar refractivity (Wildman–Crippen MR) is 101 cm³/mol. The normalized spacial score (nSPS) is 12.9. The number of amides is 2. The molecule has 2 aromatic carbocycles. The Balaban J connectivity index is 1.90. The van der Waals surface area contributed by atoms with E-state index < -0.39 is 12.1 Å². The summed E-state index contributed by atoms with van der Waals surface area (Å²) in [5.41, 5.74) is 1.90. The molecule has 0 aliphatic carbocycles. The lowest BCUT2D eigenvalue weighted by molar-refractivity contribution is -0.124. The highest BCUT2D eigenvalue weighted by Crippen LogP contribution is 2.13. The molecule has 0 saturated carbocycles. The summed E-state index contributed by atoms with van der Waals surface area (Å²) in [5, 5.41) is 5.62. The summed E-state index contributed by atoms with van der Waals surface area (Å²) in [6.07, 6.45) is -0.602. The fourth-order valence-electron chi connectivity index (χ4n) is 2.55. The number of alkyl carbamates (subject to hydrolysis) is 1. The first-order chi connectivity index (χ1) is 12.5. The average Bonchev–Trinajstić information content (AvgIpc) is 2.65. The van der Waals surface area contributed by atoms with E-state index in [4.69, 9.17) is 4.74 Å². The Kier molecular flexibility index (Phi) is 7.21. The molecule has 0 saturated heterocycles. The molecule has 2 atom stereocenters. The van der Waals surface area contributed by atoms with Gasteiger partial charge in [0.25, 0.3) is 0 Å². The van der Waals surface area contributed by atoms with Crippen molar-refractivity contribution in [3.8, 4) is 0 Å². The lowest BCUT2D eigenvalue weighted by Gasteiger charge is -2.24. The minimum Gasteiger partial charge on any atom is -0.445 e. The molecule has 138 valence electrons. The number of benzene rings is 2. The second-order valence-corrected chi connectivity index (χ2v) is 6.57. The van der Waals surface area contributed by atoms with Crippen LogP contribution in [0, 0.1) is 5.92 Å². The van der Waals surface area contributed by atoms with Crippen LogP contribution in [0.1, 0.15) is 37.9 Å². The number of nitrogens with one attached hydrogen (secondary N) is 2. The molecule has 2 N–H and O–H groups in total. The van der Waals surface area contributed by atoms with Crippen molar-refractivity contribution in [2.45, 2.75) is 39.5 Å². The highest BCUT2D eigenvalue weighted by atomic mass is 16.5. The third-order valence-electron chi connectivity index (χ3n) is 4.09. The van der Waals surface area contributed by atoms with Gasteiger partial charge in [0.15, 0.2) is 0 Å². The van der Waals surface area contributed by atoms with Crippen LogP contribution in [0.3, 0.4) is 0 Å². The summed E-state index contributed by atoms with van der Waals surface area (Å²) in [7, 11) is 0. The Morgan fingerprint density at radius 3 is 2.04 bits per heavy atom. The molecular weight excluding hydrogens is 328 g/mol. The summed E-state index contributed by atoms with van der Waals surface area (Å²) in [6.45, 7) is 5.85. The molecule has 2 rings (SSSR count). The minimum absolute atomic E-state index is 0.0674. The second kappa shape index (κ2) is 9.61. The Labute approximate surface area is 154 Å². The van der Waals surface area contributed by atoms with Crippen LogP contribution in [0.25, 0.3) is 0 Å². The van der Waals surface area contributed by atoms with E-state index in [1.54, 1.807) is 0 Å². The molecule has 0 aliphatic rings. The molecule has 0 spiro atoms. The van der Waals surface area contributed by atoms with E-state index in [0.717, 1.165) is 11.1 Å². The predicted octanol–water partition coefficient (Wildman–Crippen LogP) is 3.81. The van der Waals surface area contributed by atoms with Crippen molar-refractivity contribution in [1.82, 2.24) is 10.6 Å². The highest BCUT2D eigenvalue weighted by Gasteiger charge is 2.26. The first kappa shape index (κ1) is 19.5. The standard InChI is InChI=1S/C21H26N2O3/c1-15(2)19(20(24)22-16(3)18-12-8-5-9-13-18)23-21(25)26-14-17-10-6-4-7-11-17/h4-13,15-16,19H,14H2,1-3H3,(H,22,24)(H,23,25)/t16-,19-/m1/s1. The molecule has 0 aliphatic heterocycles. The van der Waals surface area contributed by atoms with Gasteiger partial charge in [-0.25, -0.2) is 4.79 Å². The molecule has 0 fully saturated rings. The fraction of sp³-hybridized carbons (Fsp3) is 0.333. The summed E-state index contributed by atoms with van der Waals surface area (Å²) in [5.74, 6) is -0.296. The van der Waals surface area contributed by atoms with Crippen molar-refractivity contribution in [1.29, 1.82) is 0 Å². The lowest BCUT2D eigenvalue weighted by Crippen LogP contribution is -2.50. The quantitative estimate of drug-likeness (QED) is 0.794. The van der Waals surface area contributed by atoms with Gasteiger partial charge in [-0.2, -0.15) is 0 Å². The van der Waals surface area contributed by atoms with Crippen molar-refractivity contribution in [2.75, 3.05) is 0 Å². The van der Waals surface area contributed by atoms with Crippen molar-refractivity contribution < 1.29 is 14.3 Å². The molecule has 2 aromatic rings. The summed E-state index contributed by atoms with van der Waals surface area (Å²) >= 11 is 0. The van der Waals surface area contributed by atoms with E-state index in [-0.39, 0.29) is 24.5 Å². The Morgan fingerprint density at radius 1 is 0.885 bits per heavy atom. The average molecular weight is 354 g/mol. The van der Waals surface area contributed by atoms with E-state index >= 15 is 0 Å². The number of rotatable bonds is 7. The van der Waals surface area contributed by atoms with Gasteiger partial charge in [0, 0.05) is 0 Å². The monoisotopic (exact) mass is 354 g/mol. The van der Waals surface area contributed by atoms with Crippen molar-refractivity contribution >= 4 is 12.0 Å². The number of hydrogen-bond acceptors (Lipinski definition) is 3. The highest BCUT2D eigenvalue weighted by molar-refractivity contribution is 5.86. The lowest BCUT2D eigenvalue weighted by atomic mass is 10.0. The zero-order chi connectivity index (χ0) is 18.9. The van der Waals surface area contributed by atoms with E-state index in [2.05, 4.69) is 10.6 Å². The van der Waals surface area contributed by atoms with Crippen LogP contribution in [0.15, 0.2) is 60.7 Å². The Morgan fingerprint density at radius 2 is 1.46 bits per heavy atom. The molecule has 0 aromatic heterocycles. The van der Waals surface area contributed by atoms with E-state index in [9.17, 15) is 9.59 Å². The summed E-state index contributed by atoms with van der Waals surface area (Å²) in [6, 6.07) is 18.3. The van der Waals surface area contributed by atoms with Crippen LogP contribution >= 0.6 is 0 Å². The molecule has 26 heavy (non-hydrogen) atoms. The summed E-state index contributed by atoms with van der Waals surface area (Å²) < 4.78 is 5.22. The maximum absolute atomic E-state index is 12.6. The Bertz CT molecular complexity index is 702. The molecule has 5 heteroatoms. The first-order valence-corrected chi connectivity index (χ1v) is 8.80. The van der Waals surface area contributed by atoms with Gasteiger partial charge in [0.1, 0.15) is 12.6 Å².